The Morgan fingerprint density at radius 3 is 2.36 bits per heavy atom. The van der Waals surface area contributed by atoms with E-state index in [4.69, 9.17) is 4.42 Å². The molecule has 3 aromatic carbocycles. The van der Waals surface area contributed by atoms with Crippen LogP contribution >= 0.6 is 0 Å². The first-order chi connectivity index (χ1) is 18.5. The highest BCUT2D eigenvalue weighted by atomic mass is 19.1. The Bertz CT molecular complexity index is 1390. The minimum atomic E-state index is -0.993. The van der Waals surface area contributed by atoms with Crippen LogP contribution in [0, 0.1) is 17.0 Å². The highest BCUT2D eigenvalue weighted by Crippen LogP contribution is 2.32. The standard InChI is InChI=1S/C32H36F2N2O3/c1-20(37)36-28(14-22-12-25(33)16-26(34)13-22)29(38)19-35-18-24-11-21(17-32(2,3)4)9-10-27(24)31-15-23-7-5-6-8-30(23)39-31/h5-13,15-16,28-29,35,38H,14,17-19H2,1-4H3,(H,36,37). The lowest BCUT2D eigenvalue weighted by Crippen LogP contribution is -2.48. The van der Waals surface area contributed by atoms with Crippen LogP contribution in [0.2, 0.25) is 0 Å². The lowest BCUT2D eigenvalue weighted by molar-refractivity contribution is -0.120. The molecule has 0 aliphatic carbocycles. The van der Waals surface area contributed by atoms with Crippen molar-refractivity contribution in [3.63, 3.8) is 0 Å². The molecule has 0 bridgehead atoms. The molecule has 2 atom stereocenters. The number of para-hydroxylation sites is 1. The summed E-state index contributed by atoms with van der Waals surface area (Å²) >= 11 is 0. The van der Waals surface area contributed by atoms with E-state index in [-0.39, 0.29) is 24.3 Å². The summed E-state index contributed by atoms with van der Waals surface area (Å²) in [5, 5.41) is 18.0. The zero-order valence-electron chi connectivity index (χ0n) is 22.9. The van der Waals surface area contributed by atoms with Crippen LogP contribution in [0.4, 0.5) is 8.78 Å². The molecule has 1 heterocycles. The van der Waals surface area contributed by atoms with Crippen LogP contribution in [-0.2, 0) is 24.2 Å². The molecule has 3 N–H and O–H groups in total. The predicted octanol–water partition coefficient (Wildman–Crippen LogP) is 6.16. The van der Waals surface area contributed by atoms with Gasteiger partial charge in [-0.15, -0.1) is 0 Å². The highest BCUT2D eigenvalue weighted by molar-refractivity contribution is 5.83. The van der Waals surface area contributed by atoms with E-state index in [1.807, 2.05) is 30.3 Å². The summed E-state index contributed by atoms with van der Waals surface area (Å²) in [5.41, 5.74) is 4.46. The molecule has 39 heavy (non-hydrogen) atoms. The maximum Gasteiger partial charge on any atom is 0.217 e. The number of amides is 1. The van der Waals surface area contributed by atoms with E-state index in [1.165, 1.54) is 24.6 Å². The number of aliphatic hydroxyl groups excluding tert-OH is 1. The number of carbonyl (C=O) groups excluding carboxylic acids is 1. The topological polar surface area (TPSA) is 74.5 Å². The van der Waals surface area contributed by atoms with E-state index in [1.54, 1.807) is 0 Å². The first-order valence-corrected chi connectivity index (χ1v) is 13.2. The van der Waals surface area contributed by atoms with Crippen molar-refractivity contribution >= 4 is 16.9 Å². The van der Waals surface area contributed by atoms with E-state index in [9.17, 15) is 18.7 Å². The zero-order chi connectivity index (χ0) is 28.2. The second-order valence-corrected chi connectivity index (χ2v) is 11.4. The van der Waals surface area contributed by atoms with E-state index < -0.39 is 23.8 Å². The third-order valence-electron chi connectivity index (χ3n) is 6.50. The van der Waals surface area contributed by atoms with Gasteiger partial charge in [0.05, 0.1) is 12.1 Å². The molecule has 1 amide bonds. The molecular formula is C32H36F2N2O3. The first-order valence-electron chi connectivity index (χ1n) is 13.2. The Hall–Kier alpha value is -3.55. The summed E-state index contributed by atoms with van der Waals surface area (Å²) in [6.45, 7) is 8.54. The Labute approximate surface area is 228 Å². The molecule has 4 rings (SSSR count). The molecule has 4 aromatic rings. The molecule has 0 radical (unpaired) electrons. The van der Waals surface area contributed by atoms with E-state index in [0.29, 0.717) is 12.1 Å². The molecular weight excluding hydrogens is 498 g/mol. The first kappa shape index (κ1) is 28.5. The molecule has 0 spiro atoms. The summed E-state index contributed by atoms with van der Waals surface area (Å²) in [5.74, 6) is -0.974. The Morgan fingerprint density at radius 2 is 1.69 bits per heavy atom. The summed E-state index contributed by atoms with van der Waals surface area (Å²) in [7, 11) is 0. The monoisotopic (exact) mass is 534 g/mol. The van der Waals surface area contributed by atoms with E-state index in [2.05, 4.69) is 49.6 Å². The van der Waals surface area contributed by atoms with Crippen LogP contribution in [0.1, 0.15) is 44.4 Å². The number of nitrogens with one attached hydrogen (secondary N) is 2. The van der Waals surface area contributed by atoms with Gasteiger partial charge in [0.15, 0.2) is 0 Å². The van der Waals surface area contributed by atoms with Crippen molar-refractivity contribution in [2.45, 2.75) is 59.2 Å². The fourth-order valence-electron chi connectivity index (χ4n) is 4.89. The van der Waals surface area contributed by atoms with E-state index >= 15 is 0 Å². The van der Waals surface area contributed by atoms with Gasteiger partial charge >= 0.3 is 0 Å². The lowest BCUT2D eigenvalue weighted by atomic mass is 9.87. The lowest BCUT2D eigenvalue weighted by Gasteiger charge is -2.25. The number of halogens is 2. The van der Waals surface area contributed by atoms with Crippen molar-refractivity contribution in [3.8, 4) is 11.3 Å². The predicted molar refractivity (Wildman–Crippen MR) is 150 cm³/mol. The molecule has 0 fully saturated rings. The van der Waals surface area contributed by atoms with Crippen LogP contribution in [0.5, 0.6) is 0 Å². The maximum atomic E-state index is 13.7. The summed E-state index contributed by atoms with van der Waals surface area (Å²) in [4.78, 5) is 11.8. The summed E-state index contributed by atoms with van der Waals surface area (Å²) in [6, 6.07) is 18.7. The van der Waals surface area contributed by atoms with Gasteiger partial charge in [0, 0.05) is 37.0 Å². The summed E-state index contributed by atoms with van der Waals surface area (Å²) in [6.07, 6.45) is -0.00657. The Kier molecular flexibility index (Phi) is 8.83. The maximum absolute atomic E-state index is 13.7. The van der Waals surface area contributed by atoms with Gasteiger partial charge in [0.2, 0.25) is 5.91 Å². The van der Waals surface area contributed by atoms with Crippen molar-refractivity contribution in [2.75, 3.05) is 6.54 Å². The van der Waals surface area contributed by atoms with E-state index in [0.717, 1.165) is 40.3 Å². The summed E-state index contributed by atoms with van der Waals surface area (Å²) < 4.78 is 33.6. The minimum absolute atomic E-state index is 0.0857. The number of fused-ring (bicyclic) bond motifs is 1. The van der Waals surface area contributed by atoms with Crippen molar-refractivity contribution in [3.05, 3.63) is 95.1 Å². The molecule has 0 saturated heterocycles. The van der Waals surface area contributed by atoms with Crippen molar-refractivity contribution in [1.29, 1.82) is 0 Å². The molecule has 5 nitrogen and oxygen atoms in total. The molecule has 7 heteroatoms. The number of hydrogen-bond donors (Lipinski definition) is 3. The van der Waals surface area contributed by atoms with Gasteiger partial charge in [0.1, 0.15) is 23.0 Å². The van der Waals surface area contributed by atoms with Crippen LogP contribution in [0.3, 0.4) is 0 Å². The van der Waals surface area contributed by atoms with Crippen molar-refractivity contribution < 1.29 is 23.1 Å². The highest BCUT2D eigenvalue weighted by Gasteiger charge is 2.22. The van der Waals surface area contributed by atoms with Gasteiger partial charge in [-0.25, -0.2) is 8.78 Å². The van der Waals surface area contributed by atoms with Crippen LogP contribution < -0.4 is 10.6 Å². The van der Waals surface area contributed by atoms with Gasteiger partial charge in [-0.2, -0.15) is 0 Å². The smallest absolute Gasteiger partial charge is 0.217 e. The average molecular weight is 535 g/mol. The van der Waals surface area contributed by atoms with Gasteiger partial charge < -0.3 is 20.2 Å². The molecule has 0 aliphatic rings. The number of aliphatic hydroxyl groups is 1. The quantitative estimate of drug-likeness (QED) is 0.228. The second-order valence-electron chi connectivity index (χ2n) is 11.4. The van der Waals surface area contributed by atoms with Crippen LogP contribution in [0.15, 0.2) is 71.1 Å². The van der Waals surface area contributed by atoms with Gasteiger partial charge in [-0.3, -0.25) is 4.79 Å². The number of carbonyl (C=O) groups is 1. The SMILES string of the molecule is CC(=O)NC(Cc1cc(F)cc(F)c1)C(O)CNCc1cc(CC(C)(C)C)ccc1-c1cc2ccccc2o1. The van der Waals surface area contributed by atoms with Crippen molar-refractivity contribution in [1.82, 2.24) is 10.6 Å². The van der Waals surface area contributed by atoms with Crippen molar-refractivity contribution in [2.24, 2.45) is 5.41 Å². The number of furan rings is 1. The third-order valence-corrected chi connectivity index (χ3v) is 6.50. The molecule has 1 aromatic heterocycles. The number of benzene rings is 3. The molecule has 0 aliphatic heterocycles. The Morgan fingerprint density at radius 1 is 0.974 bits per heavy atom. The minimum Gasteiger partial charge on any atom is -0.456 e. The number of rotatable bonds is 10. The number of hydrogen-bond acceptors (Lipinski definition) is 4. The fourth-order valence-corrected chi connectivity index (χ4v) is 4.89. The third kappa shape index (κ3) is 7.97. The van der Waals surface area contributed by atoms with Crippen LogP contribution in [-0.4, -0.2) is 29.7 Å². The second kappa shape index (κ2) is 12.1. The average Bonchev–Trinajstić information content (AvgIpc) is 3.26. The fraction of sp³-hybridized carbons (Fsp3) is 0.344. The molecule has 0 saturated carbocycles. The van der Waals surface area contributed by atoms with Crippen LogP contribution in [0.25, 0.3) is 22.3 Å². The van der Waals surface area contributed by atoms with Gasteiger partial charge in [-0.05, 0) is 59.2 Å². The van der Waals surface area contributed by atoms with Gasteiger partial charge in [-0.1, -0.05) is 57.2 Å². The normalized spacial score (nSPS) is 13.4. The largest absolute Gasteiger partial charge is 0.456 e. The molecule has 2 unspecified atom stereocenters. The van der Waals surface area contributed by atoms with Gasteiger partial charge in [0.25, 0.3) is 0 Å². The Balaban J connectivity index is 1.53. The molecule has 206 valence electrons. The zero-order valence-corrected chi connectivity index (χ0v) is 22.9.